The van der Waals surface area contributed by atoms with E-state index in [0.29, 0.717) is 11.3 Å². The minimum Gasteiger partial charge on any atom is -0.467 e. The van der Waals surface area contributed by atoms with Crippen molar-refractivity contribution in [3.05, 3.63) is 64.7 Å². The summed E-state index contributed by atoms with van der Waals surface area (Å²) >= 11 is 0. The third kappa shape index (κ3) is 7.53. The number of carbonyl (C=O) groups is 3. The second-order valence-corrected chi connectivity index (χ2v) is 7.97. The molecule has 7 heteroatoms. The van der Waals surface area contributed by atoms with Crippen molar-refractivity contribution in [3.63, 3.8) is 0 Å². The van der Waals surface area contributed by atoms with Gasteiger partial charge < -0.3 is 20.3 Å². The van der Waals surface area contributed by atoms with Crippen molar-refractivity contribution in [2.24, 2.45) is 0 Å². The van der Waals surface area contributed by atoms with Gasteiger partial charge in [-0.2, -0.15) is 0 Å². The zero-order chi connectivity index (χ0) is 23.0. The third-order valence-corrected chi connectivity index (χ3v) is 4.97. The van der Waals surface area contributed by atoms with Gasteiger partial charge in [0.2, 0.25) is 0 Å². The molecule has 0 aliphatic carbocycles. The van der Waals surface area contributed by atoms with Gasteiger partial charge in [0, 0.05) is 12.1 Å². The molecule has 0 bridgehead atoms. The first kappa shape index (κ1) is 24.1. The summed E-state index contributed by atoms with van der Waals surface area (Å²) in [5.74, 6) is -0.994. The first-order valence-electron chi connectivity index (χ1n) is 10.3. The maximum Gasteiger partial charge on any atom is 0.328 e. The van der Waals surface area contributed by atoms with Crippen molar-refractivity contribution in [3.8, 4) is 0 Å². The van der Waals surface area contributed by atoms with E-state index in [-0.39, 0.29) is 24.9 Å². The number of anilines is 1. The average molecular weight is 427 g/mol. The maximum atomic E-state index is 12.5. The molecule has 2 atom stereocenters. The Kier molecular flexibility index (Phi) is 8.75. The van der Waals surface area contributed by atoms with E-state index in [1.54, 1.807) is 7.05 Å². The van der Waals surface area contributed by atoms with Crippen LogP contribution in [-0.4, -0.2) is 51.1 Å². The van der Waals surface area contributed by atoms with Gasteiger partial charge in [-0.15, -0.1) is 0 Å². The Labute approximate surface area is 183 Å². The number of carbonyl (C=O) groups excluding carboxylic acids is 3. The predicted molar refractivity (Wildman–Crippen MR) is 120 cm³/mol. The first-order valence-corrected chi connectivity index (χ1v) is 10.3. The van der Waals surface area contributed by atoms with Crippen LogP contribution in [0.5, 0.6) is 0 Å². The van der Waals surface area contributed by atoms with Crippen LogP contribution in [0.15, 0.2) is 42.5 Å². The van der Waals surface area contributed by atoms with Crippen LogP contribution in [0, 0.1) is 20.8 Å². The Morgan fingerprint density at radius 2 is 1.55 bits per heavy atom. The summed E-state index contributed by atoms with van der Waals surface area (Å²) in [5, 5.41) is 5.67. The third-order valence-electron chi connectivity index (χ3n) is 4.97. The van der Waals surface area contributed by atoms with Crippen LogP contribution in [0.3, 0.4) is 0 Å². The lowest BCUT2D eigenvalue weighted by molar-refractivity contribution is -0.862. The molecule has 0 radical (unpaired) electrons. The second kappa shape index (κ2) is 11.3. The first-order chi connectivity index (χ1) is 14.7. The largest absolute Gasteiger partial charge is 0.467 e. The number of nitrogens with one attached hydrogen (secondary N) is 3. The summed E-state index contributed by atoms with van der Waals surface area (Å²) < 4.78 is 4.83. The highest BCUT2D eigenvalue weighted by molar-refractivity contribution is 5.93. The molecule has 31 heavy (non-hydrogen) atoms. The lowest BCUT2D eigenvalue weighted by Gasteiger charge is -2.19. The zero-order valence-electron chi connectivity index (χ0n) is 18.9. The molecular weight excluding hydrogens is 394 g/mol. The number of esters is 1. The van der Waals surface area contributed by atoms with Crippen molar-refractivity contribution >= 4 is 23.5 Å². The van der Waals surface area contributed by atoms with E-state index in [9.17, 15) is 14.4 Å². The highest BCUT2D eigenvalue weighted by Crippen LogP contribution is 2.21. The zero-order valence-corrected chi connectivity index (χ0v) is 18.9. The Morgan fingerprint density at radius 3 is 2.13 bits per heavy atom. The smallest absolute Gasteiger partial charge is 0.328 e. The van der Waals surface area contributed by atoms with Gasteiger partial charge in [0.05, 0.1) is 14.2 Å². The van der Waals surface area contributed by atoms with Crippen LogP contribution in [-0.2, 0) is 25.5 Å². The van der Waals surface area contributed by atoms with Crippen LogP contribution >= 0.6 is 0 Å². The molecule has 1 unspecified atom stereocenters. The highest BCUT2D eigenvalue weighted by Gasteiger charge is 2.24. The quantitative estimate of drug-likeness (QED) is 0.521. The summed E-state index contributed by atoms with van der Waals surface area (Å²) in [6.07, 6.45) is 0.338. The van der Waals surface area contributed by atoms with Crippen LogP contribution in [0.1, 0.15) is 22.3 Å². The van der Waals surface area contributed by atoms with E-state index in [2.05, 4.69) is 10.6 Å². The van der Waals surface area contributed by atoms with Gasteiger partial charge in [-0.25, -0.2) is 4.79 Å². The normalized spacial score (nSPS) is 12.5. The summed E-state index contributed by atoms with van der Waals surface area (Å²) in [5.41, 5.74) is 4.87. The molecule has 2 amide bonds. The molecule has 0 saturated carbocycles. The lowest BCUT2D eigenvalue weighted by Crippen LogP contribution is -3.11. The van der Waals surface area contributed by atoms with E-state index in [1.165, 1.54) is 7.11 Å². The Balaban J connectivity index is 1.91. The van der Waals surface area contributed by atoms with Gasteiger partial charge in [0.1, 0.15) is 6.04 Å². The van der Waals surface area contributed by atoms with Crippen molar-refractivity contribution in [1.29, 1.82) is 0 Å². The fraction of sp³-hybridized carbons (Fsp3) is 0.375. The second-order valence-electron chi connectivity index (χ2n) is 7.97. The monoisotopic (exact) mass is 426 g/mol. The van der Waals surface area contributed by atoms with Crippen LogP contribution < -0.4 is 15.5 Å². The molecule has 0 spiro atoms. The number of likely N-dealkylation sites (N-methyl/N-ethyl adjacent to an activating group) is 1. The summed E-state index contributed by atoms with van der Waals surface area (Å²) in [6, 6.07) is 12.7. The van der Waals surface area contributed by atoms with Crippen molar-refractivity contribution in [1.82, 2.24) is 5.32 Å². The van der Waals surface area contributed by atoms with Crippen molar-refractivity contribution in [2.75, 3.05) is 32.6 Å². The van der Waals surface area contributed by atoms with Gasteiger partial charge in [0.25, 0.3) is 11.8 Å². The molecule has 3 N–H and O–H groups in total. The minimum absolute atomic E-state index is 0.0571. The Hall–Kier alpha value is -3.19. The molecule has 7 nitrogen and oxygen atoms in total. The molecule has 2 aromatic carbocycles. The van der Waals surface area contributed by atoms with E-state index >= 15 is 0 Å². The van der Waals surface area contributed by atoms with Gasteiger partial charge in [-0.3, -0.25) is 9.59 Å². The molecule has 0 aromatic heterocycles. The summed E-state index contributed by atoms with van der Waals surface area (Å²) in [7, 11) is 3.06. The summed E-state index contributed by atoms with van der Waals surface area (Å²) in [6.45, 7) is 6.11. The Bertz CT molecular complexity index is 905. The van der Waals surface area contributed by atoms with Crippen LogP contribution in [0.25, 0.3) is 0 Å². The number of hydrogen-bond acceptors (Lipinski definition) is 4. The number of aryl methyl sites for hydroxylation is 3. The maximum absolute atomic E-state index is 12.5. The number of hydrogen-bond donors (Lipinski definition) is 3. The standard InChI is InChI=1S/C24H31N3O4/c1-16-11-17(2)23(18(3)12-16)26-22(29)15-27(4)14-21(28)25-20(24(30)31-5)13-19-9-7-6-8-10-19/h6-12,20H,13-15H2,1-5H3,(H,25,28)(H,26,29)/p+1/t20-/m1/s1. The number of benzene rings is 2. The minimum atomic E-state index is -0.778. The number of rotatable bonds is 9. The van der Waals surface area contributed by atoms with E-state index in [1.807, 2.05) is 63.2 Å². The number of ether oxygens (including phenoxy) is 1. The lowest BCUT2D eigenvalue weighted by atomic mass is 10.1. The van der Waals surface area contributed by atoms with Gasteiger partial charge in [-0.05, 0) is 37.5 Å². The van der Waals surface area contributed by atoms with E-state index < -0.39 is 12.0 Å². The molecule has 2 aromatic rings. The van der Waals surface area contributed by atoms with Crippen molar-refractivity contribution in [2.45, 2.75) is 33.2 Å². The van der Waals surface area contributed by atoms with E-state index in [0.717, 1.165) is 27.9 Å². The van der Waals surface area contributed by atoms with Crippen LogP contribution in [0.2, 0.25) is 0 Å². The average Bonchev–Trinajstić information content (AvgIpc) is 2.70. The molecule has 2 rings (SSSR count). The van der Waals surface area contributed by atoms with Crippen molar-refractivity contribution < 1.29 is 24.0 Å². The van der Waals surface area contributed by atoms with Crippen LogP contribution in [0.4, 0.5) is 5.69 Å². The molecular formula is C24H32N3O4+. The molecule has 0 aliphatic heterocycles. The number of amides is 2. The number of quaternary nitrogens is 1. The fourth-order valence-corrected chi connectivity index (χ4v) is 3.60. The molecule has 166 valence electrons. The molecule has 0 fully saturated rings. The number of methoxy groups -OCH3 is 1. The molecule has 0 heterocycles. The fourth-order valence-electron chi connectivity index (χ4n) is 3.60. The molecule has 0 saturated heterocycles. The molecule has 0 aliphatic rings. The van der Waals surface area contributed by atoms with Gasteiger partial charge >= 0.3 is 5.97 Å². The predicted octanol–water partition coefficient (Wildman–Crippen LogP) is 0.966. The highest BCUT2D eigenvalue weighted by atomic mass is 16.5. The van der Waals surface area contributed by atoms with E-state index in [4.69, 9.17) is 4.74 Å². The Morgan fingerprint density at radius 1 is 0.968 bits per heavy atom. The summed E-state index contributed by atoms with van der Waals surface area (Å²) in [4.78, 5) is 37.8. The topological polar surface area (TPSA) is 88.9 Å². The SMILES string of the molecule is COC(=O)[C@@H](Cc1ccccc1)NC(=O)C[NH+](C)CC(=O)Nc1c(C)cc(C)cc1C. The van der Waals surface area contributed by atoms with Gasteiger partial charge in [-0.1, -0.05) is 48.0 Å². The van der Waals surface area contributed by atoms with Gasteiger partial charge in [0.15, 0.2) is 13.1 Å².